The third kappa shape index (κ3) is 4.87. The molecule has 4 aliphatic carbocycles. The van der Waals surface area contributed by atoms with E-state index in [1.165, 1.54) is 19.3 Å². The number of rotatable bonds is 6. The molecule has 4 bridgehead atoms. The molecule has 4 saturated carbocycles. The molecular formula is C22H24ClF3N2O4. The first-order valence-corrected chi connectivity index (χ1v) is 11.0. The number of anilines is 1. The van der Waals surface area contributed by atoms with E-state index < -0.39 is 35.6 Å². The molecule has 0 aliphatic heterocycles. The lowest BCUT2D eigenvalue weighted by atomic mass is 9.49. The molecule has 32 heavy (non-hydrogen) atoms. The molecule has 5 rings (SSSR count). The minimum atomic E-state index is -4.59. The SMILES string of the molecule is O=C(COC(=O)CNC(=O)C12CC3CC(CC(C3)C1)C2)Nc1cc(C(F)(F)F)ccc1Cl. The van der Waals surface area contributed by atoms with Gasteiger partial charge in [0, 0.05) is 5.41 Å². The Labute approximate surface area is 188 Å². The average Bonchev–Trinajstić information content (AvgIpc) is 2.70. The van der Waals surface area contributed by atoms with Gasteiger partial charge in [-0.25, -0.2) is 0 Å². The topological polar surface area (TPSA) is 84.5 Å². The van der Waals surface area contributed by atoms with Crippen molar-refractivity contribution in [2.45, 2.75) is 44.7 Å². The van der Waals surface area contributed by atoms with E-state index in [1.807, 2.05) is 0 Å². The minimum absolute atomic E-state index is 0.0829. The lowest BCUT2D eigenvalue weighted by molar-refractivity contribution is -0.152. The van der Waals surface area contributed by atoms with Gasteiger partial charge in [-0.05, 0) is 74.5 Å². The van der Waals surface area contributed by atoms with Gasteiger partial charge < -0.3 is 15.4 Å². The van der Waals surface area contributed by atoms with Crippen molar-refractivity contribution in [1.82, 2.24) is 5.32 Å². The number of amides is 2. The molecule has 2 N–H and O–H groups in total. The summed E-state index contributed by atoms with van der Waals surface area (Å²) < 4.78 is 43.3. The number of hydrogen-bond acceptors (Lipinski definition) is 4. The second-order valence-corrected chi connectivity index (χ2v) is 9.69. The molecular weight excluding hydrogens is 449 g/mol. The molecule has 174 valence electrons. The molecule has 4 fully saturated rings. The summed E-state index contributed by atoms with van der Waals surface area (Å²) in [7, 11) is 0. The number of benzene rings is 1. The van der Waals surface area contributed by atoms with E-state index in [2.05, 4.69) is 10.6 Å². The normalized spacial score (nSPS) is 28.3. The standard InChI is InChI=1S/C22H24ClF3N2O4/c23-16-2-1-15(22(24,25)26)6-17(16)28-18(29)11-32-19(30)10-27-20(31)21-7-12-3-13(8-21)5-14(4-12)9-21/h1-2,6,12-14H,3-5,7-11H2,(H,27,31)(H,28,29). The van der Waals surface area contributed by atoms with Crippen molar-refractivity contribution in [2.24, 2.45) is 23.2 Å². The summed E-state index contributed by atoms with van der Waals surface area (Å²) in [6.07, 6.45) is 1.57. The zero-order chi connectivity index (χ0) is 23.1. The van der Waals surface area contributed by atoms with Gasteiger partial charge in [-0.3, -0.25) is 14.4 Å². The first-order valence-electron chi connectivity index (χ1n) is 10.6. The molecule has 0 unspecified atom stereocenters. The first kappa shape index (κ1) is 22.9. The van der Waals surface area contributed by atoms with E-state index in [1.54, 1.807) is 0 Å². The van der Waals surface area contributed by atoms with Crippen molar-refractivity contribution in [3.8, 4) is 0 Å². The minimum Gasteiger partial charge on any atom is -0.454 e. The highest BCUT2D eigenvalue weighted by Crippen LogP contribution is 2.60. The number of ether oxygens (including phenoxy) is 1. The molecule has 10 heteroatoms. The van der Waals surface area contributed by atoms with Crippen LogP contribution in [0.5, 0.6) is 0 Å². The number of hydrogen-bond donors (Lipinski definition) is 2. The van der Waals surface area contributed by atoms with Crippen molar-refractivity contribution in [3.63, 3.8) is 0 Å². The van der Waals surface area contributed by atoms with Crippen LogP contribution in [-0.4, -0.2) is 30.9 Å². The van der Waals surface area contributed by atoms with Crippen LogP contribution in [0.1, 0.15) is 44.1 Å². The van der Waals surface area contributed by atoms with Gasteiger partial charge in [0.25, 0.3) is 5.91 Å². The van der Waals surface area contributed by atoms with Crippen LogP contribution >= 0.6 is 11.6 Å². The highest BCUT2D eigenvalue weighted by atomic mass is 35.5. The Bertz CT molecular complexity index is 899. The molecule has 0 atom stereocenters. The molecule has 2 amide bonds. The summed E-state index contributed by atoms with van der Waals surface area (Å²) in [5.74, 6) is -0.00457. The van der Waals surface area contributed by atoms with Gasteiger partial charge >= 0.3 is 12.1 Å². The second kappa shape index (κ2) is 8.57. The zero-order valence-electron chi connectivity index (χ0n) is 17.3. The van der Waals surface area contributed by atoms with E-state index in [0.29, 0.717) is 23.8 Å². The largest absolute Gasteiger partial charge is 0.454 e. The highest BCUT2D eigenvalue weighted by molar-refractivity contribution is 6.33. The molecule has 0 heterocycles. The monoisotopic (exact) mass is 472 g/mol. The van der Waals surface area contributed by atoms with Crippen molar-refractivity contribution >= 4 is 35.1 Å². The van der Waals surface area contributed by atoms with Crippen molar-refractivity contribution in [2.75, 3.05) is 18.5 Å². The molecule has 0 spiro atoms. The maximum atomic E-state index is 12.8. The van der Waals surface area contributed by atoms with Crippen LogP contribution in [0.4, 0.5) is 18.9 Å². The van der Waals surface area contributed by atoms with E-state index in [0.717, 1.165) is 31.4 Å². The third-order valence-corrected chi connectivity index (χ3v) is 7.17. The lowest BCUT2D eigenvalue weighted by Crippen LogP contribution is -2.54. The van der Waals surface area contributed by atoms with E-state index in [9.17, 15) is 27.6 Å². The summed E-state index contributed by atoms with van der Waals surface area (Å²) in [5.41, 5.74) is -1.61. The van der Waals surface area contributed by atoms with E-state index >= 15 is 0 Å². The quantitative estimate of drug-likeness (QED) is 0.608. The Morgan fingerprint density at radius 3 is 2.22 bits per heavy atom. The Morgan fingerprint density at radius 2 is 1.66 bits per heavy atom. The summed E-state index contributed by atoms with van der Waals surface area (Å²) in [4.78, 5) is 36.8. The maximum absolute atomic E-state index is 12.8. The fourth-order valence-electron chi connectivity index (χ4n) is 5.91. The number of halogens is 4. The number of carbonyl (C=O) groups excluding carboxylic acids is 3. The summed E-state index contributed by atoms with van der Waals surface area (Å²) in [5, 5.41) is 4.77. The number of alkyl halides is 3. The van der Waals surface area contributed by atoms with Gasteiger partial charge in [-0.2, -0.15) is 13.2 Å². The fraction of sp³-hybridized carbons (Fsp3) is 0.591. The van der Waals surface area contributed by atoms with Crippen LogP contribution in [0.2, 0.25) is 5.02 Å². The summed E-state index contributed by atoms with van der Waals surface area (Å²) >= 11 is 5.83. The van der Waals surface area contributed by atoms with Gasteiger partial charge in [0.2, 0.25) is 5.91 Å². The fourth-order valence-corrected chi connectivity index (χ4v) is 6.07. The number of esters is 1. The van der Waals surface area contributed by atoms with Gasteiger partial charge in [-0.1, -0.05) is 11.6 Å². The van der Waals surface area contributed by atoms with Crippen LogP contribution in [0.3, 0.4) is 0 Å². The molecule has 4 aliphatic rings. The molecule has 0 aromatic heterocycles. The van der Waals surface area contributed by atoms with Crippen LogP contribution in [-0.2, 0) is 25.3 Å². The van der Waals surface area contributed by atoms with E-state index in [4.69, 9.17) is 16.3 Å². The van der Waals surface area contributed by atoms with Gasteiger partial charge in [0.05, 0.1) is 16.3 Å². The first-order chi connectivity index (χ1) is 15.0. The van der Waals surface area contributed by atoms with Crippen LogP contribution in [0.15, 0.2) is 18.2 Å². The van der Waals surface area contributed by atoms with Crippen molar-refractivity contribution in [3.05, 3.63) is 28.8 Å². The number of nitrogens with one attached hydrogen (secondary N) is 2. The molecule has 1 aromatic carbocycles. The molecule has 1 aromatic rings. The molecule has 0 radical (unpaired) electrons. The maximum Gasteiger partial charge on any atom is 0.416 e. The predicted octanol–water partition coefficient (Wildman–Crippen LogP) is 4.17. The van der Waals surface area contributed by atoms with Crippen LogP contribution < -0.4 is 10.6 Å². The summed E-state index contributed by atoms with van der Waals surface area (Å²) in [6, 6.07) is 2.52. The Hall–Kier alpha value is -2.29. The van der Waals surface area contributed by atoms with Crippen LogP contribution in [0, 0.1) is 23.2 Å². The smallest absolute Gasteiger partial charge is 0.416 e. The van der Waals surface area contributed by atoms with Gasteiger partial charge in [-0.15, -0.1) is 0 Å². The molecule has 6 nitrogen and oxygen atoms in total. The second-order valence-electron chi connectivity index (χ2n) is 9.28. The Morgan fingerprint density at radius 1 is 1.06 bits per heavy atom. The predicted molar refractivity (Wildman–Crippen MR) is 110 cm³/mol. The van der Waals surface area contributed by atoms with Gasteiger partial charge in [0.1, 0.15) is 6.54 Å². The van der Waals surface area contributed by atoms with Gasteiger partial charge in [0.15, 0.2) is 6.61 Å². The summed E-state index contributed by atoms with van der Waals surface area (Å²) in [6.45, 7) is -1.07. The molecule has 0 saturated heterocycles. The average molecular weight is 473 g/mol. The zero-order valence-corrected chi connectivity index (χ0v) is 18.0. The Kier molecular flexibility index (Phi) is 6.13. The highest BCUT2D eigenvalue weighted by Gasteiger charge is 2.54. The Balaban J connectivity index is 1.24. The van der Waals surface area contributed by atoms with Crippen molar-refractivity contribution < 1.29 is 32.3 Å². The number of carbonyl (C=O) groups is 3. The lowest BCUT2D eigenvalue weighted by Gasteiger charge is -2.55. The van der Waals surface area contributed by atoms with Crippen molar-refractivity contribution in [1.29, 1.82) is 0 Å². The third-order valence-electron chi connectivity index (χ3n) is 6.85. The van der Waals surface area contributed by atoms with Crippen LogP contribution in [0.25, 0.3) is 0 Å². The van der Waals surface area contributed by atoms with E-state index in [-0.39, 0.29) is 23.2 Å².